The van der Waals surface area contributed by atoms with Gasteiger partial charge in [0.05, 0.1) is 14.2 Å². The molecular formula is C17H16N2O2. The predicted octanol–water partition coefficient (Wildman–Crippen LogP) is 3.50. The number of methoxy groups -OCH3 is 2. The van der Waals surface area contributed by atoms with Gasteiger partial charge in [0, 0.05) is 29.0 Å². The highest BCUT2D eigenvalue weighted by atomic mass is 16.5. The van der Waals surface area contributed by atoms with Crippen molar-refractivity contribution in [1.29, 1.82) is 0 Å². The van der Waals surface area contributed by atoms with E-state index >= 15 is 0 Å². The minimum atomic E-state index is 0.685. The molecule has 1 aromatic heterocycles. The van der Waals surface area contributed by atoms with E-state index < -0.39 is 0 Å². The van der Waals surface area contributed by atoms with Gasteiger partial charge >= 0.3 is 0 Å². The summed E-state index contributed by atoms with van der Waals surface area (Å²) in [6.07, 6.45) is 3.59. The van der Waals surface area contributed by atoms with Gasteiger partial charge in [-0.25, -0.2) is 0 Å². The quantitative estimate of drug-likeness (QED) is 0.746. The van der Waals surface area contributed by atoms with Gasteiger partial charge in [-0.2, -0.15) is 0 Å². The third-order valence-corrected chi connectivity index (χ3v) is 3.48. The van der Waals surface area contributed by atoms with Gasteiger partial charge in [0.25, 0.3) is 0 Å². The number of ether oxygens (including phenoxy) is 2. The standard InChI is InChI=1S/C17H16N2O2/c1-20-15-9-12-10-19-8-7-14(12)16(17(15)21-2)11-3-5-13(18)6-4-11/h3-10H,18H2,1-2H3. The Hall–Kier alpha value is -2.75. The van der Waals surface area contributed by atoms with Crippen LogP contribution in [0.25, 0.3) is 21.9 Å². The number of rotatable bonds is 3. The number of nitrogens with zero attached hydrogens (tertiary/aromatic N) is 1. The molecule has 106 valence electrons. The monoisotopic (exact) mass is 280 g/mol. The van der Waals surface area contributed by atoms with E-state index in [0.717, 1.165) is 27.6 Å². The van der Waals surface area contributed by atoms with Crippen LogP contribution in [0.2, 0.25) is 0 Å². The normalized spacial score (nSPS) is 10.6. The van der Waals surface area contributed by atoms with Crippen molar-refractivity contribution >= 4 is 16.5 Å². The maximum Gasteiger partial charge on any atom is 0.169 e. The summed E-state index contributed by atoms with van der Waals surface area (Å²) in [7, 11) is 3.28. The summed E-state index contributed by atoms with van der Waals surface area (Å²) < 4.78 is 11.0. The second-order valence-electron chi connectivity index (χ2n) is 4.71. The lowest BCUT2D eigenvalue weighted by molar-refractivity contribution is 0.357. The zero-order chi connectivity index (χ0) is 14.8. The minimum Gasteiger partial charge on any atom is -0.493 e. The molecule has 1 heterocycles. The molecule has 0 saturated heterocycles. The largest absolute Gasteiger partial charge is 0.493 e. The topological polar surface area (TPSA) is 57.4 Å². The number of fused-ring (bicyclic) bond motifs is 1. The van der Waals surface area contributed by atoms with E-state index in [4.69, 9.17) is 15.2 Å². The predicted molar refractivity (Wildman–Crippen MR) is 84.7 cm³/mol. The summed E-state index contributed by atoms with van der Waals surface area (Å²) in [5.74, 6) is 1.39. The Kier molecular flexibility index (Phi) is 3.36. The zero-order valence-corrected chi connectivity index (χ0v) is 12.0. The van der Waals surface area contributed by atoms with Gasteiger partial charge in [-0.15, -0.1) is 0 Å². The number of hydrogen-bond donors (Lipinski definition) is 1. The lowest BCUT2D eigenvalue weighted by Gasteiger charge is -2.16. The molecule has 0 aliphatic carbocycles. The molecule has 0 aliphatic heterocycles. The molecule has 0 aliphatic rings. The zero-order valence-electron chi connectivity index (χ0n) is 12.0. The Balaban J connectivity index is 2.39. The molecule has 4 nitrogen and oxygen atoms in total. The van der Waals surface area contributed by atoms with Crippen LogP contribution < -0.4 is 15.2 Å². The first-order chi connectivity index (χ1) is 10.2. The summed E-state index contributed by atoms with van der Waals surface area (Å²) in [6, 6.07) is 11.6. The number of anilines is 1. The van der Waals surface area contributed by atoms with Gasteiger partial charge in [-0.3, -0.25) is 4.98 Å². The van der Waals surface area contributed by atoms with Crippen molar-refractivity contribution in [3.8, 4) is 22.6 Å². The van der Waals surface area contributed by atoms with E-state index in [-0.39, 0.29) is 0 Å². The van der Waals surface area contributed by atoms with Crippen LogP contribution in [0.4, 0.5) is 5.69 Å². The van der Waals surface area contributed by atoms with Crippen LogP contribution in [0, 0.1) is 0 Å². The number of benzene rings is 2. The average Bonchev–Trinajstić information content (AvgIpc) is 2.53. The van der Waals surface area contributed by atoms with Crippen LogP contribution in [0.1, 0.15) is 0 Å². The first-order valence-electron chi connectivity index (χ1n) is 6.59. The Labute approximate surface area is 123 Å². The molecule has 0 amide bonds. The lowest BCUT2D eigenvalue weighted by Crippen LogP contribution is -1.95. The van der Waals surface area contributed by atoms with E-state index in [0.29, 0.717) is 11.5 Å². The van der Waals surface area contributed by atoms with Crippen molar-refractivity contribution in [2.45, 2.75) is 0 Å². The van der Waals surface area contributed by atoms with Gasteiger partial charge in [-0.05, 0) is 35.2 Å². The van der Waals surface area contributed by atoms with Gasteiger partial charge < -0.3 is 15.2 Å². The van der Waals surface area contributed by atoms with Gasteiger partial charge in [0.1, 0.15) is 0 Å². The summed E-state index contributed by atoms with van der Waals surface area (Å²) in [5.41, 5.74) is 8.51. The molecule has 0 radical (unpaired) electrons. The Morgan fingerprint density at radius 1 is 1.00 bits per heavy atom. The molecule has 0 unspecified atom stereocenters. The van der Waals surface area contributed by atoms with Crippen LogP contribution in [-0.4, -0.2) is 19.2 Å². The average molecular weight is 280 g/mol. The summed E-state index contributed by atoms with van der Waals surface area (Å²) in [6.45, 7) is 0. The summed E-state index contributed by atoms with van der Waals surface area (Å²) >= 11 is 0. The third-order valence-electron chi connectivity index (χ3n) is 3.48. The maximum absolute atomic E-state index is 5.78. The second-order valence-corrected chi connectivity index (χ2v) is 4.71. The van der Waals surface area contributed by atoms with Crippen LogP contribution in [0.15, 0.2) is 48.8 Å². The number of aromatic nitrogens is 1. The molecule has 4 heteroatoms. The van der Waals surface area contributed by atoms with E-state index in [1.54, 1.807) is 20.4 Å². The Morgan fingerprint density at radius 2 is 1.76 bits per heavy atom. The van der Waals surface area contributed by atoms with E-state index in [2.05, 4.69) is 4.98 Å². The first kappa shape index (κ1) is 13.2. The maximum atomic E-state index is 5.78. The van der Waals surface area contributed by atoms with Crippen molar-refractivity contribution in [2.75, 3.05) is 20.0 Å². The van der Waals surface area contributed by atoms with Gasteiger partial charge in [-0.1, -0.05) is 12.1 Å². The van der Waals surface area contributed by atoms with Gasteiger partial charge in [0.2, 0.25) is 0 Å². The molecule has 21 heavy (non-hydrogen) atoms. The molecule has 0 bridgehead atoms. The van der Waals surface area contributed by atoms with Crippen molar-refractivity contribution < 1.29 is 9.47 Å². The van der Waals surface area contributed by atoms with Crippen molar-refractivity contribution in [2.24, 2.45) is 0 Å². The van der Waals surface area contributed by atoms with Crippen LogP contribution in [0.5, 0.6) is 11.5 Å². The smallest absolute Gasteiger partial charge is 0.169 e. The first-order valence-corrected chi connectivity index (χ1v) is 6.59. The van der Waals surface area contributed by atoms with Crippen molar-refractivity contribution in [1.82, 2.24) is 4.98 Å². The van der Waals surface area contributed by atoms with Crippen LogP contribution >= 0.6 is 0 Å². The fourth-order valence-corrected chi connectivity index (χ4v) is 2.49. The Morgan fingerprint density at radius 3 is 2.43 bits per heavy atom. The molecular weight excluding hydrogens is 264 g/mol. The van der Waals surface area contributed by atoms with Crippen molar-refractivity contribution in [3.05, 3.63) is 48.8 Å². The SMILES string of the molecule is COc1cc2cnccc2c(-c2ccc(N)cc2)c1OC. The number of nitrogen functional groups attached to an aromatic ring is 1. The molecule has 0 spiro atoms. The minimum absolute atomic E-state index is 0.685. The fourth-order valence-electron chi connectivity index (χ4n) is 2.49. The highest BCUT2D eigenvalue weighted by molar-refractivity contribution is 6.01. The molecule has 0 fully saturated rings. The highest BCUT2D eigenvalue weighted by Crippen LogP contribution is 2.43. The lowest BCUT2D eigenvalue weighted by atomic mass is 9.97. The van der Waals surface area contributed by atoms with E-state index in [1.807, 2.05) is 42.6 Å². The third kappa shape index (κ3) is 2.25. The van der Waals surface area contributed by atoms with Gasteiger partial charge in [0.15, 0.2) is 11.5 Å². The highest BCUT2D eigenvalue weighted by Gasteiger charge is 2.16. The second kappa shape index (κ2) is 5.32. The fraction of sp³-hybridized carbons (Fsp3) is 0.118. The molecule has 3 rings (SSSR count). The number of hydrogen-bond acceptors (Lipinski definition) is 4. The molecule has 2 aromatic carbocycles. The van der Waals surface area contributed by atoms with Crippen LogP contribution in [-0.2, 0) is 0 Å². The molecule has 0 saturated carbocycles. The summed E-state index contributed by atoms with van der Waals surface area (Å²) in [5, 5.41) is 2.06. The summed E-state index contributed by atoms with van der Waals surface area (Å²) in [4.78, 5) is 4.18. The Bertz CT molecular complexity index is 783. The molecule has 0 atom stereocenters. The molecule has 3 aromatic rings. The van der Waals surface area contributed by atoms with Crippen LogP contribution in [0.3, 0.4) is 0 Å². The molecule has 2 N–H and O–H groups in total. The number of pyridine rings is 1. The van der Waals surface area contributed by atoms with Crippen molar-refractivity contribution in [3.63, 3.8) is 0 Å². The van der Waals surface area contributed by atoms with E-state index in [1.165, 1.54) is 0 Å². The van der Waals surface area contributed by atoms with E-state index in [9.17, 15) is 0 Å². The number of nitrogens with two attached hydrogens (primary N) is 1.